The van der Waals surface area contributed by atoms with E-state index in [1.165, 1.54) is 38.5 Å². The minimum Gasteiger partial charge on any atom is -0.308 e. The summed E-state index contributed by atoms with van der Waals surface area (Å²) < 4.78 is 0. The molecule has 1 heterocycles. The molecule has 1 aromatic heterocycles. The van der Waals surface area contributed by atoms with Gasteiger partial charge < -0.3 is 5.32 Å². The van der Waals surface area contributed by atoms with E-state index in [1.54, 1.807) is 0 Å². The lowest BCUT2D eigenvalue weighted by Gasteiger charge is -2.29. The summed E-state index contributed by atoms with van der Waals surface area (Å²) in [6.07, 6.45) is 12.3. The summed E-state index contributed by atoms with van der Waals surface area (Å²) in [4.78, 5) is 8.70. The first kappa shape index (κ1) is 12.1. The molecule has 3 rings (SSSR count). The smallest absolute Gasteiger partial charge is 0.0724 e. The first-order chi connectivity index (χ1) is 8.81. The predicted octanol–water partition coefficient (Wildman–Crippen LogP) is 2.84. The quantitative estimate of drug-likeness (QED) is 0.886. The molecule has 3 heteroatoms. The molecule has 98 valence electrons. The molecule has 2 aliphatic carbocycles. The van der Waals surface area contributed by atoms with Gasteiger partial charge in [-0.1, -0.05) is 12.8 Å². The molecule has 0 spiro atoms. The van der Waals surface area contributed by atoms with Gasteiger partial charge in [0.25, 0.3) is 0 Å². The second-order valence-electron chi connectivity index (χ2n) is 5.99. The molecule has 2 unspecified atom stereocenters. The lowest BCUT2D eigenvalue weighted by atomic mass is 9.83. The average molecular weight is 245 g/mol. The minimum atomic E-state index is 0.701. The summed E-state index contributed by atoms with van der Waals surface area (Å²) >= 11 is 0. The molecule has 0 aromatic carbocycles. The number of aromatic nitrogens is 2. The van der Waals surface area contributed by atoms with Crippen molar-refractivity contribution in [3.05, 3.63) is 23.8 Å². The van der Waals surface area contributed by atoms with Crippen molar-refractivity contribution in [2.24, 2.45) is 11.8 Å². The average Bonchev–Trinajstić information content (AvgIpc) is 3.23. The molecule has 2 fully saturated rings. The molecule has 0 saturated heterocycles. The monoisotopic (exact) mass is 245 g/mol. The van der Waals surface area contributed by atoms with Gasteiger partial charge in [-0.05, 0) is 44.4 Å². The van der Waals surface area contributed by atoms with Gasteiger partial charge in [-0.15, -0.1) is 0 Å². The van der Waals surface area contributed by atoms with Crippen molar-refractivity contribution < 1.29 is 0 Å². The van der Waals surface area contributed by atoms with E-state index in [0.717, 1.165) is 29.8 Å². The topological polar surface area (TPSA) is 37.8 Å². The van der Waals surface area contributed by atoms with Gasteiger partial charge in [0, 0.05) is 25.0 Å². The van der Waals surface area contributed by atoms with E-state index in [2.05, 4.69) is 15.3 Å². The zero-order valence-electron chi connectivity index (χ0n) is 11.2. The SMILES string of the molecule is Cc1cnc(CNC2CCCC(C3CC3)C2)cn1. The van der Waals surface area contributed by atoms with Gasteiger partial charge >= 0.3 is 0 Å². The van der Waals surface area contributed by atoms with Gasteiger partial charge in [-0.2, -0.15) is 0 Å². The van der Waals surface area contributed by atoms with E-state index in [1.807, 2.05) is 19.3 Å². The fraction of sp³-hybridized carbons (Fsp3) is 0.733. The highest BCUT2D eigenvalue weighted by Crippen LogP contribution is 2.43. The standard InChI is InChI=1S/C15H23N3/c1-11-8-17-15(9-16-11)10-18-14-4-2-3-13(7-14)12-5-6-12/h8-9,12-14,18H,2-7,10H2,1H3. The highest BCUT2D eigenvalue weighted by Gasteiger charge is 2.34. The lowest BCUT2D eigenvalue weighted by molar-refractivity contribution is 0.259. The number of hydrogen-bond donors (Lipinski definition) is 1. The Morgan fingerprint density at radius 1 is 1.11 bits per heavy atom. The van der Waals surface area contributed by atoms with Crippen LogP contribution in [0.1, 0.15) is 49.9 Å². The van der Waals surface area contributed by atoms with Crippen LogP contribution in [-0.4, -0.2) is 16.0 Å². The third-order valence-electron chi connectivity index (χ3n) is 4.41. The zero-order valence-corrected chi connectivity index (χ0v) is 11.2. The molecule has 18 heavy (non-hydrogen) atoms. The summed E-state index contributed by atoms with van der Waals surface area (Å²) in [5, 5.41) is 3.67. The first-order valence-corrected chi connectivity index (χ1v) is 7.32. The molecule has 0 bridgehead atoms. The maximum atomic E-state index is 4.40. The van der Waals surface area contributed by atoms with E-state index < -0.39 is 0 Å². The lowest BCUT2D eigenvalue weighted by Crippen LogP contribution is -2.34. The summed E-state index contributed by atoms with van der Waals surface area (Å²) in [5.74, 6) is 2.06. The van der Waals surface area contributed by atoms with Crippen LogP contribution in [-0.2, 0) is 6.54 Å². The maximum Gasteiger partial charge on any atom is 0.0724 e. The molecule has 0 amide bonds. The van der Waals surface area contributed by atoms with Crippen LogP contribution in [0.3, 0.4) is 0 Å². The molecule has 3 nitrogen and oxygen atoms in total. The van der Waals surface area contributed by atoms with Crippen LogP contribution in [0.25, 0.3) is 0 Å². The zero-order chi connectivity index (χ0) is 12.4. The molecule has 2 saturated carbocycles. The molecule has 1 aromatic rings. The summed E-state index contributed by atoms with van der Waals surface area (Å²) in [5.41, 5.74) is 2.05. The van der Waals surface area contributed by atoms with Crippen molar-refractivity contribution in [3.63, 3.8) is 0 Å². The van der Waals surface area contributed by atoms with Crippen LogP contribution < -0.4 is 5.32 Å². The fourth-order valence-electron chi connectivity index (χ4n) is 3.17. The fourth-order valence-corrected chi connectivity index (χ4v) is 3.17. The van der Waals surface area contributed by atoms with Crippen molar-refractivity contribution in [2.45, 2.75) is 58.0 Å². The van der Waals surface area contributed by atoms with Gasteiger partial charge in [-0.3, -0.25) is 9.97 Å². The van der Waals surface area contributed by atoms with Crippen molar-refractivity contribution >= 4 is 0 Å². The van der Waals surface area contributed by atoms with Gasteiger partial charge in [0.2, 0.25) is 0 Å². The summed E-state index contributed by atoms with van der Waals surface area (Å²) in [7, 11) is 0. The Hall–Kier alpha value is -0.960. The molecule has 2 aliphatic rings. The van der Waals surface area contributed by atoms with Crippen molar-refractivity contribution in [3.8, 4) is 0 Å². The van der Waals surface area contributed by atoms with Crippen LogP contribution in [0.2, 0.25) is 0 Å². The largest absolute Gasteiger partial charge is 0.308 e. The van der Waals surface area contributed by atoms with Gasteiger partial charge in [-0.25, -0.2) is 0 Å². The second kappa shape index (κ2) is 5.35. The van der Waals surface area contributed by atoms with Crippen molar-refractivity contribution in [1.29, 1.82) is 0 Å². The van der Waals surface area contributed by atoms with Crippen LogP contribution in [0.15, 0.2) is 12.4 Å². The Kier molecular flexibility index (Phi) is 3.59. The van der Waals surface area contributed by atoms with Crippen molar-refractivity contribution in [1.82, 2.24) is 15.3 Å². The number of hydrogen-bond acceptors (Lipinski definition) is 3. The first-order valence-electron chi connectivity index (χ1n) is 7.32. The number of rotatable bonds is 4. The van der Waals surface area contributed by atoms with Gasteiger partial charge in [0.15, 0.2) is 0 Å². The van der Waals surface area contributed by atoms with E-state index in [0.29, 0.717) is 6.04 Å². The highest BCUT2D eigenvalue weighted by atomic mass is 14.9. The Balaban J connectivity index is 1.48. The van der Waals surface area contributed by atoms with Gasteiger partial charge in [0.1, 0.15) is 0 Å². The van der Waals surface area contributed by atoms with E-state index >= 15 is 0 Å². The Bertz CT molecular complexity index is 383. The van der Waals surface area contributed by atoms with Crippen LogP contribution in [0.4, 0.5) is 0 Å². The van der Waals surface area contributed by atoms with Crippen LogP contribution >= 0.6 is 0 Å². The predicted molar refractivity (Wildman–Crippen MR) is 72.1 cm³/mol. The Morgan fingerprint density at radius 3 is 2.72 bits per heavy atom. The summed E-state index contributed by atoms with van der Waals surface area (Å²) in [6.45, 7) is 2.85. The third kappa shape index (κ3) is 3.08. The number of aryl methyl sites for hydroxylation is 1. The number of nitrogens with zero attached hydrogens (tertiary/aromatic N) is 2. The second-order valence-corrected chi connectivity index (χ2v) is 5.99. The van der Waals surface area contributed by atoms with E-state index in [4.69, 9.17) is 0 Å². The van der Waals surface area contributed by atoms with Crippen LogP contribution in [0, 0.1) is 18.8 Å². The summed E-state index contributed by atoms with van der Waals surface area (Å²) in [6, 6.07) is 0.701. The molecule has 1 N–H and O–H groups in total. The van der Waals surface area contributed by atoms with Crippen LogP contribution in [0.5, 0.6) is 0 Å². The molecular weight excluding hydrogens is 222 g/mol. The molecular formula is C15H23N3. The number of nitrogens with one attached hydrogen (secondary N) is 1. The van der Waals surface area contributed by atoms with E-state index in [-0.39, 0.29) is 0 Å². The normalized spacial score (nSPS) is 28.3. The van der Waals surface area contributed by atoms with Gasteiger partial charge in [0.05, 0.1) is 11.4 Å². The maximum absolute atomic E-state index is 4.40. The molecule has 0 radical (unpaired) electrons. The Morgan fingerprint density at radius 2 is 2.00 bits per heavy atom. The highest BCUT2D eigenvalue weighted by molar-refractivity contribution is 5.00. The minimum absolute atomic E-state index is 0.701. The molecule has 2 atom stereocenters. The third-order valence-corrected chi connectivity index (χ3v) is 4.41. The van der Waals surface area contributed by atoms with E-state index in [9.17, 15) is 0 Å². The Labute approximate surface area is 109 Å². The molecule has 0 aliphatic heterocycles. The van der Waals surface area contributed by atoms with Crippen molar-refractivity contribution in [2.75, 3.05) is 0 Å².